The minimum Gasteiger partial charge on any atom is -0.496 e. The molecule has 0 saturated carbocycles. The fraction of sp³-hybridized carbons (Fsp3) is 0.382. The van der Waals surface area contributed by atoms with E-state index in [2.05, 4.69) is 4.90 Å². The first-order chi connectivity index (χ1) is 22.0. The number of ether oxygens (including phenoxy) is 1. The van der Waals surface area contributed by atoms with E-state index >= 15 is 4.79 Å². The standard InChI is InChI=1S/C34H36ClN5O5S/c1-37(2)32(41)30-7-6-18-39(30)34(27-14-10-24(19-31(27)45-3)22-38-16-4-5-17-38)28-20-25(35)11-15-29(28)40(33(34)42)46(43,44)26-12-8-23(21-36)9-13-26/h8-15,19-20,30H,4-7,16-18,22H2,1-3H3/t30-,34?/m0/s1. The van der Waals surface area contributed by atoms with Crippen LogP contribution in [0.15, 0.2) is 65.6 Å². The van der Waals surface area contributed by atoms with Gasteiger partial charge in [0.15, 0.2) is 5.54 Å². The fourth-order valence-electron chi connectivity index (χ4n) is 7.14. The van der Waals surface area contributed by atoms with Crippen LogP contribution in [0, 0.1) is 11.3 Å². The van der Waals surface area contributed by atoms with Gasteiger partial charge >= 0.3 is 0 Å². The third-order valence-corrected chi connectivity index (χ3v) is 11.2. The Balaban J connectivity index is 1.61. The predicted molar refractivity (Wildman–Crippen MR) is 174 cm³/mol. The zero-order valence-corrected chi connectivity index (χ0v) is 27.6. The molecule has 2 fully saturated rings. The molecule has 0 radical (unpaired) electrons. The number of sulfonamides is 1. The predicted octanol–water partition coefficient (Wildman–Crippen LogP) is 4.35. The number of nitriles is 1. The molecular weight excluding hydrogens is 626 g/mol. The Morgan fingerprint density at radius 3 is 2.39 bits per heavy atom. The van der Waals surface area contributed by atoms with Gasteiger partial charge in [-0.3, -0.25) is 19.4 Å². The first-order valence-electron chi connectivity index (χ1n) is 15.3. The molecule has 12 heteroatoms. The van der Waals surface area contributed by atoms with E-state index in [1.54, 1.807) is 26.2 Å². The van der Waals surface area contributed by atoms with Crippen molar-refractivity contribution in [2.24, 2.45) is 0 Å². The molecule has 6 rings (SSSR count). The van der Waals surface area contributed by atoms with Gasteiger partial charge < -0.3 is 9.64 Å². The van der Waals surface area contributed by atoms with Crippen molar-refractivity contribution < 1.29 is 22.7 Å². The van der Waals surface area contributed by atoms with Crippen molar-refractivity contribution in [1.82, 2.24) is 14.7 Å². The molecule has 3 heterocycles. The number of likely N-dealkylation sites (tertiary alicyclic amines) is 2. The molecule has 10 nitrogen and oxygen atoms in total. The molecule has 0 N–H and O–H groups in total. The van der Waals surface area contributed by atoms with E-state index in [0.717, 1.165) is 35.8 Å². The lowest BCUT2D eigenvalue weighted by atomic mass is 9.80. The Bertz CT molecular complexity index is 1840. The summed E-state index contributed by atoms with van der Waals surface area (Å²) < 4.78 is 35.6. The molecule has 0 aromatic heterocycles. The van der Waals surface area contributed by atoms with Gasteiger partial charge in [-0.25, -0.2) is 12.7 Å². The van der Waals surface area contributed by atoms with Crippen molar-refractivity contribution in [2.75, 3.05) is 45.1 Å². The van der Waals surface area contributed by atoms with Crippen LogP contribution in [0.25, 0.3) is 0 Å². The molecule has 3 aromatic rings. The van der Waals surface area contributed by atoms with Gasteiger partial charge in [-0.05, 0) is 92.9 Å². The molecule has 3 aliphatic rings. The average Bonchev–Trinajstić information content (AvgIpc) is 3.80. The minimum absolute atomic E-state index is 0.143. The van der Waals surface area contributed by atoms with E-state index in [4.69, 9.17) is 16.3 Å². The Morgan fingerprint density at radius 1 is 1.02 bits per heavy atom. The lowest BCUT2D eigenvalue weighted by Crippen LogP contribution is -2.59. The molecule has 1 unspecified atom stereocenters. The van der Waals surface area contributed by atoms with Crippen molar-refractivity contribution in [3.63, 3.8) is 0 Å². The van der Waals surface area contributed by atoms with Crippen molar-refractivity contribution in [3.05, 3.63) is 87.9 Å². The number of fused-ring (bicyclic) bond motifs is 1. The summed E-state index contributed by atoms with van der Waals surface area (Å²) in [6.07, 6.45) is 3.39. The van der Waals surface area contributed by atoms with Crippen LogP contribution in [-0.4, -0.2) is 81.8 Å². The van der Waals surface area contributed by atoms with Gasteiger partial charge in [0.05, 0.1) is 35.4 Å². The largest absolute Gasteiger partial charge is 0.496 e. The third-order valence-electron chi connectivity index (χ3n) is 9.25. The molecule has 0 bridgehead atoms. The summed E-state index contributed by atoms with van der Waals surface area (Å²) in [7, 11) is 0.384. The lowest BCUT2D eigenvalue weighted by Gasteiger charge is -2.42. The second kappa shape index (κ2) is 12.3. The van der Waals surface area contributed by atoms with Crippen LogP contribution < -0.4 is 9.04 Å². The maximum atomic E-state index is 15.3. The Morgan fingerprint density at radius 2 is 1.74 bits per heavy atom. The number of halogens is 1. The van der Waals surface area contributed by atoms with E-state index < -0.39 is 27.5 Å². The highest BCUT2D eigenvalue weighted by molar-refractivity contribution is 7.93. The highest BCUT2D eigenvalue weighted by atomic mass is 35.5. The van der Waals surface area contributed by atoms with E-state index in [1.807, 2.05) is 29.2 Å². The third kappa shape index (κ3) is 5.14. The number of benzene rings is 3. The van der Waals surface area contributed by atoms with Crippen molar-refractivity contribution in [2.45, 2.75) is 48.7 Å². The second-order valence-electron chi connectivity index (χ2n) is 12.2. The van der Waals surface area contributed by atoms with Gasteiger partial charge in [-0.2, -0.15) is 5.26 Å². The number of amides is 2. The highest BCUT2D eigenvalue weighted by Gasteiger charge is 2.63. The van der Waals surface area contributed by atoms with E-state index in [1.165, 1.54) is 42.3 Å². The van der Waals surface area contributed by atoms with Crippen LogP contribution in [0.3, 0.4) is 0 Å². The molecule has 2 saturated heterocycles. The number of rotatable bonds is 8. The van der Waals surface area contributed by atoms with Gasteiger partial charge in [0.2, 0.25) is 5.91 Å². The van der Waals surface area contributed by atoms with Crippen LogP contribution in [-0.2, 0) is 31.7 Å². The normalized spacial score (nSPS) is 21.8. The van der Waals surface area contributed by atoms with Crippen LogP contribution in [0.2, 0.25) is 5.02 Å². The molecule has 0 aliphatic carbocycles. The second-order valence-corrected chi connectivity index (χ2v) is 14.4. The average molecular weight is 662 g/mol. The summed E-state index contributed by atoms with van der Waals surface area (Å²) in [6, 6.07) is 17.1. The number of carbonyl (C=O) groups excluding carboxylic acids is 2. The molecular formula is C34H36ClN5O5S. The highest BCUT2D eigenvalue weighted by Crippen LogP contribution is 2.55. The van der Waals surface area contributed by atoms with Gasteiger partial charge in [0, 0.05) is 43.3 Å². The zero-order chi connectivity index (χ0) is 32.8. The molecule has 0 spiro atoms. The van der Waals surface area contributed by atoms with Crippen molar-refractivity contribution in [3.8, 4) is 11.8 Å². The van der Waals surface area contributed by atoms with Crippen LogP contribution in [0.4, 0.5) is 5.69 Å². The van der Waals surface area contributed by atoms with Crippen LogP contribution in [0.1, 0.15) is 47.9 Å². The smallest absolute Gasteiger partial charge is 0.271 e. The number of nitrogens with zero attached hydrogens (tertiary/aromatic N) is 5. The summed E-state index contributed by atoms with van der Waals surface area (Å²) in [5.74, 6) is -0.527. The van der Waals surface area contributed by atoms with Crippen molar-refractivity contribution >= 4 is 39.1 Å². The Hall–Kier alpha value is -3.95. The number of hydrogen-bond acceptors (Lipinski definition) is 8. The molecule has 3 aromatic carbocycles. The first-order valence-corrected chi connectivity index (χ1v) is 17.1. The Kier molecular flexibility index (Phi) is 8.59. The molecule has 3 aliphatic heterocycles. The number of hydrogen-bond donors (Lipinski definition) is 0. The van der Waals surface area contributed by atoms with Crippen LogP contribution >= 0.6 is 11.6 Å². The quantitative estimate of drug-likeness (QED) is 0.350. The maximum Gasteiger partial charge on any atom is 0.271 e. The summed E-state index contributed by atoms with van der Waals surface area (Å²) in [5, 5.41) is 9.60. The molecule has 46 heavy (non-hydrogen) atoms. The summed E-state index contributed by atoms with van der Waals surface area (Å²) in [5.41, 5.74) is 0.457. The monoisotopic (exact) mass is 661 g/mol. The minimum atomic E-state index is -4.48. The van der Waals surface area contributed by atoms with Gasteiger partial charge in [0.25, 0.3) is 15.9 Å². The van der Waals surface area contributed by atoms with Crippen LogP contribution in [0.5, 0.6) is 5.75 Å². The topological polar surface area (TPSA) is 114 Å². The van der Waals surface area contributed by atoms with E-state index in [0.29, 0.717) is 47.8 Å². The number of likely N-dealkylation sites (N-methyl/N-ethyl adjacent to an activating group) is 1. The number of carbonyl (C=O) groups is 2. The number of methoxy groups -OCH3 is 1. The first kappa shape index (κ1) is 32.0. The zero-order valence-electron chi connectivity index (χ0n) is 26.1. The lowest BCUT2D eigenvalue weighted by molar-refractivity contribution is -0.138. The van der Waals surface area contributed by atoms with Gasteiger partial charge in [-0.1, -0.05) is 23.7 Å². The van der Waals surface area contributed by atoms with Gasteiger partial charge in [0.1, 0.15) is 5.75 Å². The fourth-order valence-corrected chi connectivity index (χ4v) is 8.77. The molecule has 2 amide bonds. The van der Waals surface area contributed by atoms with Crippen molar-refractivity contribution in [1.29, 1.82) is 5.26 Å². The molecule has 2 atom stereocenters. The maximum absolute atomic E-state index is 15.3. The Labute approximate surface area is 274 Å². The van der Waals surface area contributed by atoms with E-state index in [9.17, 15) is 18.5 Å². The number of anilines is 1. The summed E-state index contributed by atoms with van der Waals surface area (Å²) >= 11 is 6.61. The van der Waals surface area contributed by atoms with Gasteiger partial charge in [-0.15, -0.1) is 0 Å². The SMILES string of the molecule is COc1cc(CN2CCCC2)ccc1C1(N2CCC[C@H]2C(=O)N(C)C)C(=O)N(S(=O)(=O)c2ccc(C#N)cc2)c2ccc(Cl)cc21. The summed E-state index contributed by atoms with van der Waals surface area (Å²) in [4.78, 5) is 34.5. The summed E-state index contributed by atoms with van der Waals surface area (Å²) in [6.45, 7) is 3.07. The molecule has 240 valence electrons. The van der Waals surface area contributed by atoms with E-state index in [-0.39, 0.29) is 22.1 Å².